The molecule has 0 radical (unpaired) electrons. The summed E-state index contributed by atoms with van der Waals surface area (Å²) in [6.07, 6.45) is 1.74. The van der Waals surface area contributed by atoms with Gasteiger partial charge in [-0.1, -0.05) is 0 Å². The third-order valence-electron chi connectivity index (χ3n) is 2.59. The predicted octanol–water partition coefficient (Wildman–Crippen LogP) is 3.37. The van der Waals surface area contributed by atoms with Crippen molar-refractivity contribution in [3.8, 4) is 5.69 Å². The molecular weight excluding hydrogens is 407 g/mol. The molecule has 0 saturated heterocycles. The molecule has 90 valence electrons. The first-order valence-electron chi connectivity index (χ1n) is 5.21. The lowest BCUT2D eigenvalue weighted by Gasteiger charge is -2.08. The fraction of sp³-hybridized carbons (Fsp3) is 0. The van der Waals surface area contributed by atoms with E-state index in [0.29, 0.717) is 5.95 Å². The van der Waals surface area contributed by atoms with Gasteiger partial charge in [0, 0.05) is 14.2 Å². The highest BCUT2D eigenvalue weighted by Crippen LogP contribution is 2.28. The number of fused-ring (bicyclic) bond motifs is 1. The summed E-state index contributed by atoms with van der Waals surface area (Å²) in [5.74, 6) is 0.436. The van der Waals surface area contributed by atoms with E-state index in [1.807, 2.05) is 34.9 Å². The lowest BCUT2D eigenvalue weighted by Crippen LogP contribution is -2.02. The van der Waals surface area contributed by atoms with Crippen LogP contribution in [-0.4, -0.2) is 14.5 Å². The minimum atomic E-state index is 0.436. The summed E-state index contributed by atoms with van der Waals surface area (Å²) in [5.41, 5.74) is 8.47. The van der Waals surface area contributed by atoms with Crippen LogP contribution in [0.5, 0.6) is 0 Å². The highest BCUT2D eigenvalue weighted by molar-refractivity contribution is 14.1. The Morgan fingerprint density at radius 1 is 1.28 bits per heavy atom. The number of halogens is 2. The lowest BCUT2D eigenvalue weighted by atomic mass is 10.3. The molecule has 0 bridgehead atoms. The van der Waals surface area contributed by atoms with E-state index in [-0.39, 0.29) is 0 Å². The van der Waals surface area contributed by atoms with Crippen molar-refractivity contribution in [3.63, 3.8) is 0 Å². The van der Waals surface area contributed by atoms with Gasteiger partial charge in [-0.25, -0.2) is 9.97 Å². The first kappa shape index (κ1) is 11.9. The SMILES string of the molecule is Nc1nc2cccnc2n1-c1ccc(I)cc1Br. The van der Waals surface area contributed by atoms with Gasteiger partial charge in [0.2, 0.25) is 5.95 Å². The van der Waals surface area contributed by atoms with Gasteiger partial charge in [0.05, 0.1) is 5.69 Å². The summed E-state index contributed by atoms with van der Waals surface area (Å²) < 4.78 is 3.96. The Bertz CT molecular complexity index is 738. The topological polar surface area (TPSA) is 56.7 Å². The van der Waals surface area contributed by atoms with Crippen molar-refractivity contribution < 1.29 is 0 Å². The molecule has 1 aromatic carbocycles. The van der Waals surface area contributed by atoms with Gasteiger partial charge in [-0.05, 0) is 68.9 Å². The van der Waals surface area contributed by atoms with Crippen LogP contribution in [0, 0.1) is 3.57 Å². The lowest BCUT2D eigenvalue weighted by molar-refractivity contribution is 1.07. The molecule has 2 N–H and O–H groups in total. The normalized spacial score (nSPS) is 11.0. The van der Waals surface area contributed by atoms with Crippen LogP contribution in [0.25, 0.3) is 16.9 Å². The quantitative estimate of drug-likeness (QED) is 0.621. The van der Waals surface area contributed by atoms with E-state index in [0.717, 1.165) is 24.9 Å². The third-order valence-corrected chi connectivity index (χ3v) is 3.90. The van der Waals surface area contributed by atoms with Crippen LogP contribution >= 0.6 is 38.5 Å². The highest BCUT2D eigenvalue weighted by atomic mass is 127. The monoisotopic (exact) mass is 414 g/mol. The molecule has 3 rings (SSSR count). The number of nitrogen functional groups attached to an aromatic ring is 1. The van der Waals surface area contributed by atoms with E-state index < -0.39 is 0 Å². The molecular formula is C12H8BrIN4. The average Bonchev–Trinajstić information content (AvgIpc) is 2.66. The number of rotatable bonds is 1. The number of pyridine rings is 1. The molecule has 3 aromatic rings. The van der Waals surface area contributed by atoms with Crippen LogP contribution in [0.2, 0.25) is 0 Å². The van der Waals surface area contributed by atoms with E-state index in [1.54, 1.807) is 6.20 Å². The molecule has 0 saturated carbocycles. The smallest absolute Gasteiger partial charge is 0.207 e. The Morgan fingerprint density at radius 2 is 2.11 bits per heavy atom. The number of nitrogens with two attached hydrogens (primary N) is 1. The van der Waals surface area contributed by atoms with E-state index >= 15 is 0 Å². The van der Waals surface area contributed by atoms with Crippen molar-refractivity contribution in [1.82, 2.24) is 14.5 Å². The van der Waals surface area contributed by atoms with E-state index in [2.05, 4.69) is 48.5 Å². The van der Waals surface area contributed by atoms with Crippen LogP contribution in [0.4, 0.5) is 5.95 Å². The van der Waals surface area contributed by atoms with Gasteiger partial charge < -0.3 is 5.73 Å². The molecule has 2 aromatic heterocycles. The highest BCUT2D eigenvalue weighted by Gasteiger charge is 2.13. The summed E-state index contributed by atoms with van der Waals surface area (Å²) in [6, 6.07) is 9.80. The number of hydrogen-bond donors (Lipinski definition) is 1. The minimum Gasteiger partial charge on any atom is -0.369 e. The zero-order chi connectivity index (χ0) is 12.7. The van der Waals surface area contributed by atoms with E-state index in [4.69, 9.17) is 5.73 Å². The summed E-state index contributed by atoms with van der Waals surface area (Å²) in [4.78, 5) is 8.65. The first-order chi connectivity index (χ1) is 8.66. The molecule has 0 amide bonds. The molecule has 0 atom stereocenters. The van der Waals surface area contributed by atoms with Gasteiger partial charge in [-0.15, -0.1) is 0 Å². The molecule has 0 aliphatic rings. The number of imidazole rings is 1. The second-order valence-electron chi connectivity index (χ2n) is 3.75. The van der Waals surface area contributed by atoms with Crippen LogP contribution in [0.15, 0.2) is 41.0 Å². The third kappa shape index (κ3) is 1.89. The summed E-state index contributed by atoms with van der Waals surface area (Å²) in [6.45, 7) is 0. The molecule has 0 aliphatic heterocycles. The molecule has 0 spiro atoms. The molecule has 0 fully saturated rings. The Kier molecular flexibility index (Phi) is 2.98. The van der Waals surface area contributed by atoms with Gasteiger partial charge in [0.15, 0.2) is 5.65 Å². The summed E-state index contributed by atoms with van der Waals surface area (Å²) in [7, 11) is 0. The number of hydrogen-bond acceptors (Lipinski definition) is 3. The summed E-state index contributed by atoms with van der Waals surface area (Å²) in [5, 5.41) is 0. The maximum Gasteiger partial charge on any atom is 0.207 e. The molecule has 0 aliphatic carbocycles. The number of benzene rings is 1. The molecule has 18 heavy (non-hydrogen) atoms. The standard InChI is InChI=1S/C12H8BrIN4/c13-8-6-7(14)3-4-10(8)18-11-9(17-12(18)15)2-1-5-16-11/h1-6H,(H2,15,17). The fourth-order valence-corrected chi connectivity index (χ4v) is 3.31. The maximum atomic E-state index is 5.98. The van der Waals surface area contributed by atoms with Gasteiger partial charge in [0.25, 0.3) is 0 Å². The molecule has 2 heterocycles. The zero-order valence-corrected chi connectivity index (χ0v) is 12.9. The summed E-state index contributed by atoms with van der Waals surface area (Å²) >= 11 is 5.82. The minimum absolute atomic E-state index is 0.436. The second kappa shape index (κ2) is 4.51. The van der Waals surface area contributed by atoms with E-state index in [1.165, 1.54) is 0 Å². The van der Waals surface area contributed by atoms with Crippen molar-refractivity contribution in [2.45, 2.75) is 0 Å². The average molecular weight is 415 g/mol. The van der Waals surface area contributed by atoms with Crippen LogP contribution in [-0.2, 0) is 0 Å². The maximum absolute atomic E-state index is 5.98. The van der Waals surface area contributed by atoms with Gasteiger partial charge in [0.1, 0.15) is 5.52 Å². The number of aromatic nitrogens is 3. The van der Waals surface area contributed by atoms with Crippen molar-refractivity contribution in [2.24, 2.45) is 0 Å². The van der Waals surface area contributed by atoms with Crippen molar-refractivity contribution in [3.05, 3.63) is 44.6 Å². The fourth-order valence-electron chi connectivity index (χ4n) is 1.83. The van der Waals surface area contributed by atoms with Crippen LogP contribution in [0.1, 0.15) is 0 Å². The van der Waals surface area contributed by atoms with Crippen LogP contribution in [0.3, 0.4) is 0 Å². The van der Waals surface area contributed by atoms with Gasteiger partial charge in [-0.2, -0.15) is 0 Å². The Labute approximate surface area is 125 Å². The largest absolute Gasteiger partial charge is 0.369 e. The molecule has 6 heteroatoms. The zero-order valence-electron chi connectivity index (χ0n) is 9.14. The Balaban J connectivity index is 2.34. The number of anilines is 1. The predicted molar refractivity (Wildman–Crippen MR) is 83.7 cm³/mol. The van der Waals surface area contributed by atoms with Crippen molar-refractivity contribution >= 4 is 55.6 Å². The first-order valence-corrected chi connectivity index (χ1v) is 7.08. The Hall–Kier alpha value is -1.15. The molecule has 0 unspecified atom stereocenters. The molecule has 4 nitrogen and oxygen atoms in total. The van der Waals surface area contributed by atoms with Crippen molar-refractivity contribution in [2.75, 3.05) is 5.73 Å². The van der Waals surface area contributed by atoms with Gasteiger partial charge in [-0.3, -0.25) is 4.57 Å². The Morgan fingerprint density at radius 3 is 2.89 bits per heavy atom. The number of nitrogens with zero attached hydrogens (tertiary/aromatic N) is 3. The van der Waals surface area contributed by atoms with Gasteiger partial charge >= 0.3 is 0 Å². The van der Waals surface area contributed by atoms with Crippen molar-refractivity contribution in [1.29, 1.82) is 0 Å². The van der Waals surface area contributed by atoms with E-state index in [9.17, 15) is 0 Å². The second-order valence-corrected chi connectivity index (χ2v) is 5.85. The van der Waals surface area contributed by atoms with Crippen LogP contribution < -0.4 is 5.73 Å².